The Morgan fingerprint density at radius 3 is 2.47 bits per heavy atom. The number of carbonyl (C=O) groups excluding carboxylic acids is 2. The van der Waals surface area contributed by atoms with E-state index in [0.29, 0.717) is 6.42 Å². The van der Waals surface area contributed by atoms with Crippen LogP contribution in [0.2, 0.25) is 0 Å². The third kappa shape index (κ3) is 4.79. The monoisotopic (exact) mass is 222 g/mol. The fourth-order valence-electron chi connectivity index (χ4n) is 1.26. The Kier molecular flexibility index (Phi) is 5.12. The number of carbonyl (C=O) groups is 2. The van der Waals surface area contributed by atoms with Crippen LogP contribution in [0.1, 0.15) is 18.9 Å². The van der Waals surface area contributed by atoms with Crippen LogP contribution < -0.4 is 0 Å². The van der Waals surface area contributed by atoms with Crippen LogP contribution in [-0.4, -0.2) is 16.7 Å². The van der Waals surface area contributed by atoms with E-state index in [9.17, 15) is 9.59 Å². The van der Waals surface area contributed by atoms with Crippen molar-refractivity contribution in [3.8, 4) is 0 Å². The van der Waals surface area contributed by atoms with Crippen LogP contribution in [0.5, 0.6) is 0 Å². The van der Waals surface area contributed by atoms with Crippen molar-refractivity contribution in [3.63, 3.8) is 0 Å². The molecule has 0 heterocycles. The van der Waals surface area contributed by atoms with Gasteiger partial charge in [0.15, 0.2) is 5.12 Å². The van der Waals surface area contributed by atoms with Crippen molar-refractivity contribution in [3.05, 3.63) is 35.9 Å². The highest BCUT2D eigenvalue weighted by Crippen LogP contribution is 2.07. The first-order chi connectivity index (χ1) is 7.22. The lowest BCUT2D eigenvalue weighted by molar-refractivity contribution is -0.122. The highest BCUT2D eigenvalue weighted by molar-refractivity contribution is 8.13. The van der Waals surface area contributed by atoms with Crippen molar-refractivity contribution in [1.29, 1.82) is 0 Å². The van der Waals surface area contributed by atoms with Crippen LogP contribution in [0.15, 0.2) is 30.3 Å². The topological polar surface area (TPSA) is 34.1 Å². The van der Waals surface area contributed by atoms with Crippen molar-refractivity contribution in [2.75, 3.05) is 5.75 Å². The maximum atomic E-state index is 11.5. The molecule has 0 radical (unpaired) electrons. The van der Waals surface area contributed by atoms with Gasteiger partial charge in [-0.3, -0.25) is 9.59 Å². The number of ketones is 1. The first kappa shape index (κ1) is 12.0. The quantitative estimate of drug-likeness (QED) is 0.718. The van der Waals surface area contributed by atoms with Crippen molar-refractivity contribution >= 4 is 22.7 Å². The number of rotatable bonds is 5. The van der Waals surface area contributed by atoms with Gasteiger partial charge in [0, 0.05) is 6.42 Å². The second-order valence-electron chi connectivity index (χ2n) is 3.18. The van der Waals surface area contributed by atoms with Crippen LogP contribution in [0.4, 0.5) is 0 Å². The van der Waals surface area contributed by atoms with Crippen molar-refractivity contribution in [1.82, 2.24) is 0 Å². The number of hydrogen-bond acceptors (Lipinski definition) is 3. The molecule has 1 aromatic carbocycles. The van der Waals surface area contributed by atoms with Gasteiger partial charge in [-0.2, -0.15) is 0 Å². The molecule has 0 fully saturated rings. The zero-order valence-corrected chi connectivity index (χ0v) is 9.55. The maximum absolute atomic E-state index is 11.5. The zero-order chi connectivity index (χ0) is 11.1. The highest BCUT2D eigenvalue weighted by atomic mass is 32.2. The Bertz CT molecular complexity index is 333. The van der Waals surface area contributed by atoms with E-state index in [0.717, 1.165) is 11.3 Å². The molecule has 15 heavy (non-hydrogen) atoms. The van der Waals surface area contributed by atoms with Gasteiger partial charge in [0.1, 0.15) is 5.78 Å². The smallest absolute Gasteiger partial charge is 0.196 e. The van der Waals surface area contributed by atoms with Crippen molar-refractivity contribution < 1.29 is 9.59 Å². The average Bonchev–Trinajstić information content (AvgIpc) is 2.19. The summed E-state index contributed by atoms with van der Waals surface area (Å²) in [7, 11) is 0. The van der Waals surface area contributed by atoms with Gasteiger partial charge in [-0.1, -0.05) is 49.0 Å². The molecule has 0 saturated heterocycles. The fourth-order valence-corrected chi connectivity index (χ4v) is 1.84. The summed E-state index contributed by atoms with van der Waals surface area (Å²) in [5.74, 6) is 0.726. The van der Waals surface area contributed by atoms with E-state index >= 15 is 0 Å². The van der Waals surface area contributed by atoms with E-state index < -0.39 is 0 Å². The van der Waals surface area contributed by atoms with E-state index in [4.69, 9.17) is 0 Å². The molecule has 0 aliphatic heterocycles. The average molecular weight is 222 g/mol. The minimum absolute atomic E-state index is 0.00727. The molecule has 2 nitrogen and oxygen atoms in total. The molecule has 0 N–H and O–H groups in total. The predicted molar refractivity (Wildman–Crippen MR) is 62.9 cm³/mol. The second kappa shape index (κ2) is 6.40. The first-order valence-electron chi connectivity index (χ1n) is 4.93. The summed E-state index contributed by atoms with van der Waals surface area (Å²) < 4.78 is 0. The van der Waals surface area contributed by atoms with Gasteiger partial charge in [0.25, 0.3) is 0 Å². The molecule has 0 amide bonds. The van der Waals surface area contributed by atoms with Crippen LogP contribution in [0.25, 0.3) is 0 Å². The fraction of sp³-hybridized carbons (Fsp3) is 0.333. The lowest BCUT2D eigenvalue weighted by Crippen LogP contribution is -2.07. The summed E-state index contributed by atoms with van der Waals surface area (Å²) >= 11 is 1.21. The lowest BCUT2D eigenvalue weighted by Gasteiger charge is -1.99. The summed E-state index contributed by atoms with van der Waals surface area (Å²) in [5, 5.41) is -0.0292. The predicted octanol–water partition coefficient (Wildman–Crippen LogP) is 2.47. The summed E-state index contributed by atoms with van der Waals surface area (Å²) in [6.07, 6.45) is 0.407. The third-order valence-corrected chi connectivity index (χ3v) is 2.65. The summed E-state index contributed by atoms with van der Waals surface area (Å²) in [6.45, 7) is 1.91. The van der Waals surface area contributed by atoms with Gasteiger partial charge in [-0.15, -0.1) is 0 Å². The number of hydrogen-bond donors (Lipinski definition) is 0. The third-order valence-electron chi connectivity index (χ3n) is 1.89. The van der Waals surface area contributed by atoms with Gasteiger partial charge in [-0.05, 0) is 11.3 Å². The highest BCUT2D eigenvalue weighted by Gasteiger charge is 2.09. The lowest BCUT2D eigenvalue weighted by atomic mass is 10.1. The Balaban J connectivity index is 2.40. The summed E-state index contributed by atoms with van der Waals surface area (Å²) in [4.78, 5) is 22.6. The zero-order valence-electron chi connectivity index (χ0n) is 8.73. The van der Waals surface area contributed by atoms with Gasteiger partial charge < -0.3 is 0 Å². The van der Waals surface area contributed by atoms with E-state index in [2.05, 4.69) is 0 Å². The maximum Gasteiger partial charge on any atom is 0.196 e. The molecule has 1 rings (SSSR count). The second-order valence-corrected chi connectivity index (χ2v) is 4.50. The van der Waals surface area contributed by atoms with E-state index in [1.165, 1.54) is 11.8 Å². The normalized spacial score (nSPS) is 9.93. The standard InChI is InChI=1S/C12H14O2S/c1-2-15-12(14)9-11(13)8-10-6-4-3-5-7-10/h3-7H,2,8-9H2,1H3. The Morgan fingerprint density at radius 1 is 1.20 bits per heavy atom. The molecule has 0 aromatic heterocycles. The minimum Gasteiger partial charge on any atom is -0.299 e. The summed E-state index contributed by atoms with van der Waals surface area (Å²) in [6, 6.07) is 9.49. The van der Waals surface area contributed by atoms with E-state index in [1.54, 1.807) is 0 Å². The molecule has 0 bridgehead atoms. The Labute approximate surface area is 94.1 Å². The molecule has 0 spiro atoms. The minimum atomic E-state index is -0.0292. The van der Waals surface area contributed by atoms with Crippen LogP contribution in [0.3, 0.4) is 0 Å². The number of thioether (sulfide) groups is 1. The molecule has 0 atom stereocenters. The molecular formula is C12H14O2S. The molecule has 0 aliphatic carbocycles. The number of Topliss-reactive ketones (excluding diaryl/α,β-unsaturated/α-hetero) is 1. The molecule has 1 aromatic rings. The summed E-state index contributed by atoms with van der Waals surface area (Å²) in [5.41, 5.74) is 0.969. The first-order valence-corrected chi connectivity index (χ1v) is 5.92. The molecular weight excluding hydrogens is 208 g/mol. The van der Waals surface area contributed by atoms with Crippen molar-refractivity contribution in [2.24, 2.45) is 0 Å². The molecule has 3 heteroatoms. The van der Waals surface area contributed by atoms with Crippen LogP contribution >= 0.6 is 11.8 Å². The molecule has 0 saturated carbocycles. The number of benzene rings is 1. The van der Waals surface area contributed by atoms with Gasteiger partial charge >= 0.3 is 0 Å². The van der Waals surface area contributed by atoms with E-state index in [-0.39, 0.29) is 17.3 Å². The molecule has 0 aliphatic rings. The van der Waals surface area contributed by atoms with Crippen LogP contribution in [0, 0.1) is 0 Å². The largest absolute Gasteiger partial charge is 0.299 e. The van der Waals surface area contributed by atoms with Gasteiger partial charge in [-0.25, -0.2) is 0 Å². The SMILES string of the molecule is CCSC(=O)CC(=O)Cc1ccccc1. The van der Waals surface area contributed by atoms with Crippen molar-refractivity contribution in [2.45, 2.75) is 19.8 Å². The Hall–Kier alpha value is -1.09. The van der Waals surface area contributed by atoms with Crippen LogP contribution in [-0.2, 0) is 16.0 Å². The van der Waals surface area contributed by atoms with Gasteiger partial charge in [0.05, 0.1) is 6.42 Å². The van der Waals surface area contributed by atoms with Gasteiger partial charge in [0.2, 0.25) is 0 Å². The molecule has 0 unspecified atom stereocenters. The van der Waals surface area contributed by atoms with E-state index in [1.807, 2.05) is 37.3 Å². The Morgan fingerprint density at radius 2 is 1.87 bits per heavy atom. The molecule has 80 valence electrons.